The number of hydrogen-bond donors (Lipinski definition) is 1. The van der Waals surface area contributed by atoms with E-state index in [2.05, 4.69) is 14.9 Å². The number of fused-ring (bicyclic) bond motifs is 1. The van der Waals surface area contributed by atoms with Gasteiger partial charge in [0, 0.05) is 37.8 Å². The molecule has 1 saturated heterocycles. The summed E-state index contributed by atoms with van der Waals surface area (Å²) in [5.74, 6) is 2.56. The molecule has 1 aliphatic heterocycles. The first-order valence-electron chi connectivity index (χ1n) is 9.34. The number of piperazine rings is 1. The average molecular weight is 380 g/mol. The number of aromatic amines is 1. The molecule has 2 aromatic carbocycles. The molecule has 146 valence electrons. The second-order valence-electron chi connectivity index (χ2n) is 6.86. The third-order valence-electron chi connectivity index (χ3n) is 5.11. The van der Waals surface area contributed by atoms with Crippen molar-refractivity contribution in [3.05, 3.63) is 53.9 Å². The van der Waals surface area contributed by atoms with Crippen molar-refractivity contribution < 1.29 is 14.3 Å². The van der Waals surface area contributed by atoms with E-state index in [0.717, 1.165) is 48.0 Å². The Kier molecular flexibility index (Phi) is 5.16. The number of imidazole rings is 1. The number of rotatable bonds is 5. The van der Waals surface area contributed by atoms with Crippen molar-refractivity contribution in [1.29, 1.82) is 0 Å². The summed E-state index contributed by atoms with van der Waals surface area (Å²) >= 11 is 0. The first-order valence-corrected chi connectivity index (χ1v) is 9.34. The standard InChI is InChI=1S/C21H24N4O3/c1-27-16-5-3-15(4-6-16)21(26)25-11-9-24(10-12-25)14-20-22-18-8-7-17(28-2)13-19(18)23-20/h3-8,13H,9-12,14H2,1-2H3,(H,22,23). The largest absolute Gasteiger partial charge is 0.497 e. The highest BCUT2D eigenvalue weighted by Crippen LogP contribution is 2.20. The SMILES string of the molecule is COc1ccc(C(=O)N2CCN(Cc3nc4ccc(OC)cc4[nH]3)CC2)cc1. The lowest BCUT2D eigenvalue weighted by Crippen LogP contribution is -2.48. The molecule has 4 rings (SSSR count). The lowest BCUT2D eigenvalue weighted by Gasteiger charge is -2.34. The van der Waals surface area contributed by atoms with Gasteiger partial charge in [0.2, 0.25) is 0 Å². The van der Waals surface area contributed by atoms with Crippen LogP contribution in [0, 0.1) is 0 Å². The fraction of sp³-hybridized carbons (Fsp3) is 0.333. The minimum atomic E-state index is 0.0677. The first kappa shape index (κ1) is 18.3. The number of hydrogen-bond acceptors (Lipinski definition) is 5. The zero-order valence-corrected chi connectivity index (χ0v) is 16.1. The number of nitrogens with one attached hydrogen (secondary N) is 1. The van der Waals surface area contributed by atoms with Gasteiger partial charge in [-0.25, -0.2) is 4.98 Å². The molecule has 0 aliphatic carbocycles. The maximum absolute atomic E-state index is 12.7. The molecule has 3 aromatic rings. The Morgan fingerprint density at radius 2 is 1.68 bits per heavy atom. The highest BCUT2D eigenvalue weighted by Gasteiger charge is 2.22. The second kappa shape index (κ2) is 7.90. The Balaban J connectivity index is 1.35. The van der Waals surface area contributed by atoms with Gasteiger partial charge in [0.05, 0.1) is 31.8 Å². The average Bonchev–Trinajstić information content (AvgIpc) is 3.15. The van der Waals surface area contributed by atoms with E-state index in [-0.39, 0.29) is 5.91 Å². The lowest BCUT2D eigenvalue weighted by atomic mass is 10.1. The molecule has 0 unspecified atom stereocenters. The van der Waals surface area contributed by atoms with Crippen LogP contribution in [-0.4, -0.2) is 66.1 Å². The van der Waals surface area contributed by atoms with Gasteiger partial charge in [-0.1, -0.05) is 0 Å². The summed E-state index contributed by atoms with van der Waals surface area (Å²) in [6.45, 7) is 3.80. The van der Waals surface area contributed by atoms with Crippen LogP contribution in [0.3, 0.4) is 0 Å². The molecular formula is C21H24N4O3. The number of methoxy groups -OCH3 is 2. The molecule has 1 fully saturated rings. The van der Waals surface area contributed by atoms with Crippen LogP contribution in [0.1, 0.15) is 16.2 Å². The zero-order valence-electron chi connectivity index (χ0n) is 16.1. The van der Waals surface area contributed by atoms with Gasteiger partial charge in [-0.05, 0) is 36.4 Å². The number of amides is 1. The van der Waals surface area contributed by atoms with E-state index in [1.54, 1.807) is 14.2 Å². The maximum atomic E-state index is 12.7. The van der Waals surface area contributed by atoms with Crippen LogP contribution in [0.2, 0.25) is 0 Å². The van der Waals surface area contributed by atoms with Gasteiger partial charge in [-0.3, -0.25) is 9.69 Å². The monoisotopic (exact) mass is 380 g/mol. The van der Waals surface area contributed by atoms with E-state index in [1.807, 2.05) is 47.4 Å². The van der Waals surface area contributed by atoms with Crippen LogP contribution in [0.25, 0.3) is 11.0 Å². The number of carbonyl (C=O) groups is 1. The van der Waals surface area contributed by atoms with Crippen molar-refractivity contribution in [2.75, 3.05) is 40.4 Å². The number of nitrogens with zero attached hydrogens (tertiary/aromatic N) is 3. The number of aromatic nitrogens is 2. The fourth-order valence-electron chi connectivity index (χ4n) is 3.48. The molecule has 0 atom stereocenters. The highest BCUT2D eigenvalue weighted by molar-refractivity contribution is 5.94. The Labute approximate surface area is 163 Å². The molecule has 7 heteroatoms. The molecule has 1 aliphatic rings. The van der Waals surface area contributed by atoms with Crippen LogP contribution in [0.4, 0.5) is 0 Å². The fourth-order valence-corrected chi connectivity index (χ4v) is 3.48. The van der Waals surface area contributed by atoms with Crippen molar-refractivity contribution in [3.8, 4) is 11.5 Å². The summed E-state index contributed by atoms with van der Waals surface area (Å²) in [6, 6.07) is 13.1. The molecule has 0 spiro atoms. The van der Waals surface area contributed by atoms with Crippen molar-refractivity contribution in [2.24, 2.45) is 0 Å². The Morgan fingerprint density at radius 3 is 2.36 bits per heavy atom. The summed E-state index contributed by atoms with van der Waals surface area (Å²) in [5, 5.41) is 0. The highest BCUT2D eigenvalue weighted by atomic mass is 16.5. The molecule has 0 saturated carbocycles. The molecule has 28 heavy (non-hydrogen) atoms. The van der Waals surface area contributed by atoms with Gasteiger partial charge in [0.25, 0.3) is 5.91 Å². The third-order valence-corrected chi connectivity index (χ3v) is 5.11. The Hall–Kier alpha value is -3.06. The van der Waals surface area contributed by atoms with Gasteiger partial charge < -0.3 is 19.4 Å². The summed E-state index contributed by atoms with van der Waals surface area (Å²) in [6.07, 6.45) is 0. The van der Waals surface area contributed by atoms with Gasteiger partial charge in [-0.15, -0.1) is 0 Å². The van der Waals surface area contributed by atoms with Gasteiger partial charge in [0.1, 0.15) is 17.3 Å². The van der Waals surface area contributed by atoms with Crippen molar-refractivity contribution in [1.82, 2.24) is 19.8 Å². The summed E-state index contributed by atoms with van der Waals surface area (Å²) in [5.41, 5.74) is 2.60. The minimum Gasteiger partial charge on any atom is -0.497 e. The van der Waals surface area contributed by atoms with Crippen molar-refractivity contribution in [2.45, 2.75) is 6.54 Å². The van der Waals surface area contributed by atoms with E-state index in [1.165, 1.54) is 0 Å². The Morgan fingerprint density at radius 1 is 1.00 bits per heavy atom. The molecule has 1 amide bonds. The number of ether oxygens (including phenoxy) is 2. The van der Waals surface area contributed by atoms with Crippen LogP contribution < -0.4 is 9.47 Å². The molecule has 2 heterocycles. The predicted molar refractivity (Wildman–Crippen MR) is 107 cm³/mol. The zero-order chi connectivity index (χ0) is 19.5. The smallest absolute Gasteiger partial charge is 0.253 e. The van der Waals surface area contributed by atoms with Crippen molar-refractivity contribution >= 4 is 16.9 Å². The Bertz CT molecular complexity index is 959. The first-order chi connectivity index (χ1) is 13.7. The van der Waals surface area contributed by atoms with Gasteiger partial charge >= 0.3 is 0 Å². The summed E-state index contributed by atoms with van der Waals surface area (Å²) in [4.78, 5) is 24.9. The van der Waals surface area contributed by atoms with E-state index in [4.69, 9.17) is 9.47 Å². The molecule has 0 bridgehead atoms. The number of benzene rings is 2. The molecule has 1 N–H and O–H groups in total. The van der Waals surface area contributed by atoms with E-state index >= 15 is 0 Å². The lowest BCUT2D eigenvalue weighted by molar-refractivity contribution is 0.0626. The quantitative estimate of drug-likeness (QED) is 0.737. The number of carbonyl (C=O) groups excluding carboxylic acids is 1. The second-order valence-corrected chi connectivity index (χ2v) is 6.86. The topological polar surface area (TPSA) is 70.7 Å². The predicted octanol–water partition coefficient (Wildman–Crippen LogP) is 2.54. The molecule has 0 radical (unpaired) electrons. The van der Waals surface area contributed by atoms with E-state index in [9.17, 15) is 4.79 Å². The molecule has 7 nitrogen and oxygen atoms in total. The van der Waals surface area contributed by atoms with Gasteiger partial charge in [0.15, 0.2) is 0 Å². The van der Waals surface area contributed by atoms with Crippen LogP contribution in [0.15, 0.2) is 42.5 Å². The van der Waals surface area contributed by atoms with Crippen LogP contribution in [-0.2, 0) is 6.54 Å². The summed E-state index contributed by atoms with van der Waals surface area (Å²) in [7, 11) is 3.28. The summed E-state index contributed by atoms with van der Waals surface area (Å²) < 4.78 is 10.4. The normalized spacial score (nSPS) is 15.0. The third kappa shape index (κ3) is 3.80. The van der Waals surface area contributed by atoms with E-state index in [0.29, 0.717) is 18.7 Å². The minimum absolute atomic E-state index is 0.0677. The van der Waals surface area contributed by atoms with Gasteiger partial charge in [-0.2, -0.15) is 0 Å². The van der Waals surface area contributed by atoms with Crippen LogP contribution in [0.5, 0.6) is 11.5 Å². The van der Waals surface area contributed by atoms with Crippen LogP contribution >= 0.6 is 0 Å². The maximum Gasteiger partial charge on any atom is 0.253 e. The number of H-pyrrole nitrogens is 1. The van der Waals surface area contributed by atoms with Crippen molar-refractivity contribution in [3.63, 3.8) is 0 Å². The molecular weight excluding hydrogens is 356 g/mol. The van der Waals surface area contributed by atoms with E-state index < -0.39 is 0 Å². The molecule has 1 aromatic heterocycles.